The summed E-state index contributed by atoms with van der Waals surface area (Å²) in [5, 5.41) is 6.68. The summed E-state index contributed by atoms with van der Waals surface area (Å²) in [5.74, 6) is 1.10. The Bertz CT molecular complexity index is 1040. The maximum atomic E-state index is 12.6. The zero-order valence-corrected chi connectivity index (χ0v) is 16.7. The molecule has 6 nitrogen and oxygen atoms in total. The average molecular weight is 395 g/mol. The van der Waals surface area contributed by atoms with Crippen molar-refractivity contribution in [3.05, 3.63) is 57.9 Å². The summed E-state index contributed by atoms with van der Waals surface area (Å²) < 4.78 is 0. The fraction of sp³-hybridized carbons (Fsp3) is 0.333. The minimum atomic E-state index is -0.147. The summed E-state index contributed by atoms with van der Waals surface area (Å²) in [4.78, 5) is 35.5. The van der Waals surface area contributed by atoms with Crippen molar-refractivity contribution in [1.82, 2.24) is 20.6 Å². The Morgan fingerprint density at radius 1 is 1.04 bits per heavy atom. The minimum Gasteiger partial charge on any atom is -0.350 e. The van der Waals surface area contributed by atoms with E-state index >= 15 is 0 Å². The van der Waals surface area contributed by atoms with Crippen molar-refractivity contribution in [2.45, 2.75) is 32.6 Å². The molecule has 3 aromatic rings. The van der Waals surface area contributed by atoms with Crippen molar-refractivity contribution in [3.8, 4) is 0 Å². The molecule has 0 aliphatic heterocycles. The number of benzene rings is 1. The zero-order valence-electron chi connectivity index (χ0n) is 15.9. The van der Waals surface area contributed by atoms with Crippen LogP contribution >= 0.6 is 11.3 Å². The molecular formula is C21H22N4O2S. The van der Waals surface area contributed by atoms with Crippen molar-refractivity contribution < 1.29 is 9.59 Å². The number of rotatable bonds is 6. The number of carbonyl (C=O) groups is 2. The van der Waals surface area contributed by atoms with Crippen LogP contribution in [0.5, 0.6) is 0 Å². The number of amides is 2. The second kappa shape index (κ2) is 7.67. The molecule has 4 rings (SSSR count). The van der Waals surface area contributed by atoms with E-state index in [0.717, 1.165) is 40.1 Å². The van der Waals surface area contributed by atoms with Gasteiger partial charge in [-0.1, -0.05) is 18.2 Å². The molecule has 0 unspecified atom stereocenters. The fourth-order valence-corrected chi connectivity index (χ4v) is 4.38. The lowest BCUT2D eigenvalue weighted by Gasteiger charge is -2.07. The number of aromatic nitrogens is 2. The van der Waals surface area contributed by atoms with Crippen LogP contribution in [0.3, 0.4) is 0 Å². The first-order valence-electron chi connectivity index (χ1n) is 9.43. The molecule has 0 spiro atoms. The lowest BCUT2D eigenvalue weighted by Crippen LogP contribution is -2.34. The molecule has 0 bridgehead atoms. The van der Waals surface area contributed by atoms with Gasteiger partial charge in [0, 0.05) is 30.0 Å². The molecule has 28 heavy (non-hydrogen) atoms. The Hall–Kier alpha value is -2.80. The SMILES string of the molecule is Cc1nc(C2CC2)nc2sc(C(=O)NCCNC(=O)c3ccccc3)c(C)c12. The summed E-state index contributed by atoms with van der Waals surface area (Å²) in [7, 11) is 0. The largest absolute Gasteiger partial charge is 0.350 e. The van der Waals surface area contributed by atoms with Gasteiger partial charge < -0.3 is 10.6 Å². The highest BCUT2D eigenvalue weighted by molar-refractivity contribution is 7.20. The standard InChI is InChI=1S/C21H22N4O2S/c1-12-16-13(2)24-18(14-8-9-14)25-21(16)28-17(12)20(27)23-11-10-22-19(26)15-6-4-3-5-7-15/h3-7,14H,8-11H2,1-2H3,(H,22,26)(H,23,27). The van der Waals surface area contributed by atoms with E-state index in [9.17, 15) is 9.59 Å². The molecule has 1 saturated carbocycles. The summed E-state index contributed by atoms with van der Waals surface area (Å²) in [6.07, 6.45) is 2.30. The number of nitrogens with zero attached hydrogens (tertiary/aromatic N) is 2. The van der Waals surface area contributed by atoms with E-state index in [0.29, 0.717) is 29.4 Å². The number of hydrogen-bond donors (Lipinski definition) is 2. The van der Waals surface area contributed by atoms with Crippen LogP contribution in [-0.2, 0) is 0 Å². The topological polar surface area (TPSA) is 84.0 Å². The van der Waals surface area contributed by atoms with Crippen LogP contribution < -0.4 is 10.6 Å². The van der Waals surface area contributed by atoms with E-state index in [1.165, 1.54) is 11.3 Å². The van der Waals surface area contributed by atoms with Crippen LogP contribution in [0.2, 0.25) is 0 Å². The summed E-state index contributed by atoms with van der Waals surface area (Å²) in [6, 6.07) is 9.02. The third-order valence-corrected chi connectivity index (χ3v) is 6.05. The molecule has 2 N–H and O–H groups in total. The molecule has 2 heterocycles. The lowest BCUT2D eigenvalue weighted by molar-refractivity contribution is 0.0929. The number of fused-ring (bicyclic) bond motifs is 1. The second-order valence-corrected chi connectivity index (χ2v) is 8.05. The zero-order chi connectivity index (χ0) is 19.7. The smallest absolute Gasteiger partial charge is 0.261 e. The summed E-state index contributed by atoms with van der Waals surface area (Å²) >= 11 is 1.42. The van der Waals surface area contributed by atoms with Gasteiger partial charge in [-0.3, -0.25) is 9.59 Å². The molecule has 0 saturated heterocycles. The van der Waals surface area contributed by atoms with E-state index < -0.39 is 0 Å². The van der Waals surface area contributed by atoms with E-state index in [4.69, 9.17) is 0 Å². The Balaban J connectivity index is 1.39. The van der Waals surface area contributed by atoms with Gasteiger partial charge in [-0.25, -0.2) is 9.97 Å². The van der Waals surface area contributed by atoms with E-state index in [-0.39, 0.29) is 11.8 Å². The highest BCUT2D eigenvalue weighted by Gasteiger charge is 2.28. The number of nitrogens with one attached hydrogen (secondary N) is 2. The average Bonchev–Trinajstić information content (AvgIpc) is 3.49. The van der Waals surface area contributed by atoms with Gasteiger partial charge in [-0.15, -0.1) is 11.3 Å². The van der Waals surface area contributed by atoms with Gasteiger partial charge in [0.2, 0.25) is 0 Å². The van der Waals surface area contributed by atoms with Gasteiger partial charge in [-0.05, 0) is 44.4 Å². The van der Waals surface area contributed by atoms with Gasteiger partial charge >= 0.3 is 0 Å². The van der Waals surface area contributed by atoms with Crippen LogP contribution in [0.25, 0.3) is 10.2 Å². The van der Waals surface area contributed by atoms with E-state index in [1.54, 1.807) is 12.1 Å². The number of hydrogen-bond acceptors (Lipinski definition) is 5. The highest BCUT2D eigenvalue weighted by Crippen LogP contribution is 2.40. The first-order valence-corrected chi connectivity index (χ1v) is 10.3. The minimum absolute atomic E-state index is 0.137. The van der Waals surface area contributed by atoms with Gasteiger partial charge in [0.1, 0.15) is 10.7 Å². The predicted molar refractivity (Wildman–Crippen MR) is 110 cm³/mol. The third kappa shape index (κ3) is 3.75. The molecular weight excluding hydrogens is 372 g/mol. The molecule has 1 aromatic carbocycles. The maximum Gasteiger partial charge on any atom is 0.261 e. The Morgan fingerprint density at radius 2 is 1.71 bits per heavy atom. The van der Waals surface area contributed by atoms with Crippen molar-refractivity contribution in [1.29, 1.82) is 0 Å². The maximum absolute atomic E-state index is 12.6. The van der Waals surface area contributed by atoms with Gasteiger partial charge in [0.15, 0.2) is 0 Å². The van der Waals surface area contributed by atoms with Crippen molar-refractivity contribution in [2.24, 2.45) is 0 Å². The van der Waals surface area contributed by atoms with E-state index in [2.05, 4.69) is 20.6 Å². The quantitative estimate of drug-likeness (QED) is 0.628. The van der Waals surface area contributed by atoms with Crippen LogP contribution in [0.15, 0.2) is 30.3 Å². The molecule has 2 amide bonds. The lowest BCUT2D eigenvalue weighted by atomic mass is 10.1. The van der Waals surface area contributed by atoms with Crippen molar-refractivity contribution in [2.75, 3.05) is 13.1 Å². The molecule has 2 aromatic heterocycles. The van der Waals surface area contributed by atoms with Gasteiger partial charge in [0.25, 0.3) is 11.8 Å². The van der Waals surface area contributed by atoms with Crippen LogP contribution in [0, 0.1) is 13.8 Å². The summed E-state index contributed by atoms with van der Waals surface area (Å²) in [6.45, 7) is 4.66. The molecule has 7 heteroatoms. The fourth-order valence-electron chi connectivity index (χ4n) is 3.22. The molecule has 1 fully saturated rings. The second-order valence-electron chi connectivity index (χ2n) is 7.06. The monoisotopic (exact) mass is 394 g/mol. The van der Waals surface area contributed by atoms with Crippen molar-refractivity contribution in [3.63, 3.8) is 0 Å². The normalized spacial score (nSPS) is 13.5. The van der Waals surface area contributed by atoms with Gasteiger partial charge in [0.05, 0.1) is 10.6 Å². The molecule has 0 radical (unpaired) electrons. The number of carbonyl (C=O) groups excluding carboxylic acids is 2. The Kier molecular flexibility index (Phi) is 5.09. The molecule has 1 aliphatic rings. The Labute approximate surface area is 167 Å². The highest BCUT2D eigenvalue weighted by atomic mass is 32.1. The number of thiophene rings is 1. The molecule has 1 aliphatic carbocycles. The molecule has 0 atom stereocenters. The van der Waals surface area contributed by atoms with Crippen LogP contribution in [0.4, 0.5) is 0 Å². The Morgan fingerprint density at radius 3 is 2.39 bits per heavy atom. The third-order valence-electron chi connectivity index (χ3n) is 4.87. The van der Waals surface area contributed by atoms with Crippen LogP contribution in [-0.4, -0.2) is 34.9 Å². The van der Waals surface area contributed by atoms with Crippen molar-refractivity contribution >= 4 is 33.4 Å². The number of aryl methyl sites for hydroxylation is 2. The first kappa shape index (κ1) is 18.6. The summed E-state index contributed by atoms with van der Waals surface area (Å²) in [5.41, 5.74) is 2.47. The predicted octanol–water partition coefficient (Wildman–Crippen LogP) is 3.35. The first-order chi connectivity index (χ1) is 13.5. The van der Waals surface area contributed by atoms with Crippen LogP contribution in [0.1, 0.15) is 55.9 Å². The van der Waals surface area contributed by atoms with E-state index in [1.807, 2.05) is 32.0 Å². The van der Waals surface area contributed by atoms with Gasteiger partial charge in [-0.2, -0.15) is 0 Å². The molecule has 144 valence electrons.